The zero-order valence-corrected chi connectivity index (χ0v) is 13.6. The maximum Gasteiger partial charge on any atom is 0.237 e. The Morgan fingerprint density at radius 3 is 2.86 bits per heavy atom. The molecule has 1 aliphatic heterocycles. The van der Waals surface area contributed by atoms with E-state index in [1.54, 1.807) is 11.8 Å². The van der Waals surface area contributed by atoms with Crippen LogP contribution < -0.4 is 16.8 Å². The van der Waals surface area contributed by atoms with Gasteiger partial charge in [-0.15, -0.1) is 24.2 Å². The molecule has 0 spiro atoms. The number of benzene rings is 1. The van der Waals surface area contributed by atoms with E-state index in [1.165, 1.54) is 0 Å². The van der Waals surface area contributed by atoms with Crippen LogP contribution in [0.1, 0.15) is 24.4 Å². The van der Waals surface area contributed by atoms with Gasteiger partial charge >= 0.3 is 0 Å². The van der Waals surface area contributed by atoms with E-state index in [0.29, 0.717) is 5.02 Å². The summed E-state index contributed by atoms with van der Waals surface area (Å²) in [6, 6.07) is 4.59. The molecule has 1 heterocycles. The van der Waals surface area contributed by atoms with Crippen molar-refractivity contribution in [3.8, 4) is 0 Å². The normalized spacial score (nSPS) is 18.1. The minimum atomic E-state index is -0.912. The monoisotopic (exact) mass is 349 g/mol. The Morgan fingerprint density at radius 2 is 2.19 bits per heavy atom. The highest BCUT2D eigenvalue weighted by Crippen LogP contribution is 2.37. The zero-order chi connectivity index (χ0) is 14.7. The Kier molecular flexibility index (Phi) is 6.80. The van der Waals surface area contributed by atoms with Gasteiger partial charge in [0.2, 0.25) is 11.8 Å². The Labute approximate surface area is 138 Å². The number of carbonyl (C=O) groups excluding carboxylic acids is 2. The predicted octanol–water partition coefficient (Wildman–Crippen LogP) is 1.62. The molecule has 5 N–H and O–H groups in total. The van der Waals surface area contributed by atoms with E-state index in [9.17, 15) is 9.59 Å². The van der Waals surface area contributed by atoms with Gasteiger partial charge in [0.25, 0.3) is 0 Å². The van der Waals surface area contributed by atoms with Gasteiger partial charge in [-0.25, -0.2) is 0 Å². The van der Waals surface area contributed by atoms with Crippen molar-refractivity contribution in [3.05, 3.63) is 28.8 Å². The summed E-state index contributed by atoms with van der Waals surface area (Å²) in [6.45, 7) is 0. The number of hydrogen-bond acceptors (Lipinski definition) is 4. The van der Waals surface area contributed by atoms with Gasteiger partial charge < -0.3 is 16.8 Å². The molecule has 2 atom stereocenters. The molecule has 0 aromatic heterocycles. The van der Waals surface area contributed by atoms with Crippen LogP contribution in [0.25, 0.3) is 0 Å². The van der Waals surface area contributed by atoms with E-state index < -0.39 is 11.9 Å². The number of carbonyl (C=O) groups is 2. The lowest BCUT2D eigenvalue weighted by atomic mass is 10.0. The van der Waals surface area contributed by atoms with Crippen molar-refractivity contribution in [2.75, 3.05) is 5.75 Å². The molecule has 2 unspecified atom stereocenters. The van der Waals surface area contributed by atoms with Crippen LogP contribution in [0, 0.1) is 0 Å². The number of fused-ring (bicyclic) bond motifs is 1. The molecule has 2 amide bonds. The number of nitrogens with one attached hydrogen (secondary N) is 1. The quantitative estimate of drug-likeness (QED) is 0.768. The van der Waals surface area contributed by atoms with Gasteiger partial charge in [0.15, 0.2) is 0 Å². The SMILES string of the molecule is Cl.NC(=O)CC(N)C(=O)NC1CCSc2ccc(Cl)cc21. The van der Waals surface area contributed by atoms with Crippen LogP contribution >= 0.6 is 35.8 Å². The lowest BCUT2D eigenvalue weighted by molar-refractivity contribution is -0.126. The Morgan fingerprint density at radius 1 is 1.48 bits per heavy atom. The highest BCUT2D eigenvalue weighted by Gasteiger charge is 2.25. The molecule has 0 saturated carbocycles. The molecular formula is C13H17Cl2N3O2S. The lowest BCUT2D eigenvalue weighted by Crippen LogP contribution is -2.44. The number of thioether (sulfide) groups is 1. The van der Waals surface area contributed by atoms with Gasteiger partial charge in [-0.05, 0) is 30.2 Å². The van der Waals surface area contributed by atoms with Gasteiger partial charge in [0.1, 0.15) is 0 Å². The van der Waals surface area contributed by atoms with Crippen LogP contribution in [-0.2, 0) is 9.59 Å². The summed E-state index contributed by atoms with van der Waals surface area (Å²) in [4.78, 5) is 23.9. The smallest absolute Gasteiger partial charge is 0.237 e. The number of halogens is 2. The Hall–Kier alpha value is -0.950. The molecule has 116 valence electrons. The standard InChI is InChI=1S/C13H16ClN3O2S.ClH/c14-7-1-2-11-8(5-7)10(3-4-20-11)17-13(19)9(15)6-12(16)18;/h1-2,5,9-10H,3-4,6,15H2,(H2,16,18)(H,17,19);1H. The maximum atomic E-state index is 12.0. The Balaban J connectivity index is 0.00000220. The van der Waals surface area contributed by atoms with E-state index in [4.69, 9.17) is 23.1 Å². The first-order valence-electron chi connectivity index (χ1n) is 6.24. The molecule has 8 heteroatoms. The molecule has 1 aromatic carbocycles. The summed E-state index contributed by atoms with van der Waals surface area (Å²) in [7, 11) is 0. The summed E-state index contributed by atoms with van der Waals surface area (Å²) in [5.41, 5.74) is 11.7. The fraction of sp³-hybridized carbons (Fsp3) is 0.385. The van der Waals surface area contributed by atoms with Gasteiger partial charge in [-0.2, -0.15) is 0 Å². The molecule has 1 aromatic rings. The van der Waals surface area contributed by atoms with Gasteiger partial charge in [0, 0.05) is 15.7 Å². The average molecular weight is 350 g/mol. The minimum Gasteiger partial charge on any atom is -0.370 e. The summed E-state index contributed by atoms with van der Waals surface area (Å²) in [6.07, 6.45) is 0.642. The molecule has 0 radical (unpaired) electrons. The predicted molar refractivity (Wildman–Crippen MR) is 86.7 cm³/mol. The van der Waals surface area contributed by atoms with E-state index in [1.807, 2.05) is 18.2 Å². The molecule has 1 aliphatic rings. The van der Waals surface area contributed by atoms with E-state index in [0.717, 1.165) is 22.6 Å². The fourth-order valence-corrected chi connectivity index (χ4v) is 3.39. The van der Waals surface area contributed by atoms with E-state index in [-0.39, 0.29) is 30.8 Å². The molecule has 5 nitrogen and oxygen atoms in total. The second-order valence-corrected chi connectivity index (χ2v) is 6.23. The van der Waals surface area contributed by atoms with Crippen LogP contribution in [0.4, 0.5) is 0 Å². The van der Waals surface area contributed by atoms with E-state index >= 15 is 0 Å². The summed E-state index contributed by atoms with van der Waals surface area (Å²) >= 11 is 7.73. The summed E-state index contributed by atoms with van der Waals surface area (Å²) in [5, 5.41) is 3.50. The molecule has 0 saturated heterocycles. The summed E-state index contributed by atoms with van der Waals surface area (Å²) in [5.74, 6) is -0.0492. The van der Waals surface area contributed by atoms with Crippen molar-refractivity contribution in [3.63, 3.8) is 0 Å². The van der Waals surface area contributed by atoms with Crippen molar-refractivity contribution in [1.82, 2.24) is 5.32 Å². The van der Waals surface area contributed by atoms with Crippen LogP contribution in [0.3, 0.4) is 0 Å². The fourth-order valence-electron chi connectivity index (χ4n) is 2.10. The van der Waals surface area contributed by atoms with Crippen LogP contribution in [0.5, 0.6) is 0 Å². The third-order valence-electron chi connectivity index (χ3n) is 3.09. The van der Waals surface area contributed by atoms with Crippen molar-refractivity contribution in [1.29, 1.82) is 0 Å². The first-order valence-corrected chi connectivity index (χ1v) is 7.60. The second kappa shape index (κ2) is 7.89. The number of primary amides is 1. The first kappa shape index (κ1) is 18.1. The van der Waals surface area contributed by atoms with Crippen LogP contribution in [0.2, 0.25) is 5.02 Å². The highest BCUT2D eigenvalue weighted by molar-refractivity contribution is 7.99. The minimum absolute atomic E-state index is 0. The third kappa shape index (κ3) is 4.78. The largest absolute Gasteiger partial charge is 0.370 e. The zero-order valence-electron chi connectivity index (χ0n) is 11.2. The average Bonchev–Trinajstić information content (AvgIpc) is 2.38. The van der Waals surface area contributed by atoms with Crippen molar-refractivity contribution in [2.24, 2.45) is 11.5 Å². The molecule has 21 heavy (non-hydrogen) atoms. The number of hydrogen-bond donors (Lipinski definition) is 3. The van der Waals surface area contributed by atoms with Crippen molar-refractivity contribution >= 4 is 47.6 Å². The maximum absolute atomic E-state index is 12.0. The Bertz CT molecular complexity index is 542. The van der Waals surface area contributed by atoms with Crippen molar-refractivity contribution in [2.45, 2.75) is 29.8 Å². The molecule has 0 fully saturated rings. The number of rotatable bonds is 4. The topological polar surface area (TPSA) is 98.2 Å². The van der Waals surface area contributed by atoms with Gasteiger partial charge in [0.05, 0.1) is 18.5 Å². The highest BCUT2D eigenvalue weighted by atomic mass is 35.5. The van der Waals surface area contributed by atoms with Gasteiger partial charge in [-0.3, -0.25) is 9.59 Å². The van der Waals surface area contributed by atoms with E-state index in [2.05, 4.69) is 5.32 Å². The molecule has 0 aliphatic carbocycles. The van der Waals surface area contributed by atoms with Crippen LogP contribution in [-0.4, -0.2) is 23.6 Å². The number of nitrogens with two attached hydrogens (primary N) is 2. The molecular weight excluding hydrogens is 333 g/mol. The van der Waals surface area contributed by atoms with Crippen molar-refractivity contribution < 1.29 is 9.59 Å². The number of amides is 2. The van der Waals surface area contributed by atoms with Crippen LogP contribution in [0.15, 0.2) is 23.1 Å². The first-order chi connectivity index (χ1) is 9.47. The molecule has 2 rings (SSSR count). The van der Waals surface area contributed by atoms with Gasteiger partial charge in [-0.1, -0.05) is 11.6 Å². The molecule has 0 bridgehead atoms. The second-order valence-electron chi connectivity index (χ2n) is 4.66. The lowest BCUT2D eigenvalue weighted by Gasteiger charge is -2.27. The third-order valence-corrected chi connectivity index (χ3v) is 4.44. The summed E-state index contributed by atoms with van der Waals surface area (Å²) < 4.78 is 0.